The zero-order valence-corrected chi connectivity index (χ0v) is 26.9. The van der Waals surface area contributed by atoms with Crippen LogP contribution in [0, 0.1) is 116 Å². The van der Waals surface area contributed by atoms with Crippen molar-refractivity contribution >= 4 is 23.1 Å². The molecule has 0 aliphatic heterocycles. The van der Waals surface area contributed by atoms with Crippen molar-refractivity contribution in [2.45, 2.75) is 0 Å². The standard InChI is InChI=1S/2C15H2F10O2.Pt/c2*16-6-4(7(17)11(21)14(24)10(6)20)2(26)1-3(27)5-8(18)12(22)15(25)13(23)9(5)19;/h2*1,26H;/q;;+2/p-2/b2*2-1-;. The predicted octanol–water partition coefficient (Wildman–Crippen LogP) is 7.32. The van der Waals surface area contributed by atoms with E-state index in [1.54, 1.807) is 0 Å². The number of halogens is 20. The Hall–Kier alpha value is -5.41. The molecule has 4 aromatic rings. The Kier molecular flexibility index (Phi) is 14.1. The molecule has 0 heterocycles. The van der Waals surface area contributed by atoms with Gasteiger partial charge in [-0.3, -0.25) is 9.59 Å². The van der Waals surface area contributed by atoms with E-state index in [0.717, 1.165) is 0 Å². The average Bonchev–Trinajstić information content (AvgIpc) is 3.11. The molecule has 4 rings (SSSR count). The quantitative estimate of drug-likeness (QED) is 0.0507. The van der Waals surface area contributed by atoms with E-state index in [1.165, 1.54) is 0 Å². The Bertz CT molecular complexity index is 2080. The molecule has 25 heteroatoms. The second-order valence-electron chi connectivity index (χ2n) is 9.53. The minimum absolute atomic E-state index is 0. The summed E-state index contributed by atoms with van der Waals surface area (Å²) in [6.07, 6.45) is -1.17. The van der Waals surface area contributed by atoms with Crippen LogP contribution in [0.3, 0.4) is 0 Å². The minimum atomic E-state index is -2.64. The predicted molar refractivity (Wildman–Crippen MR) is 130 cm³/mol. The van der Waals surface area contributed by atoms with E-state index in [9.17, 15) is 108 Å². The molecule has 0 saturated carbocycles. The van der Waals surface area contributed by atoms with Crippen LogP contribution in [-0.4, -0.2) is 11.6 Å². The number of hydrogen-bond acceptors (Lipinski definition) is 4. The minimum Gasteiger partial charge on any atom is -0.872 e. The van der Waals surface area contributed by atoms with E-state index < -0.39 is 174 Å². The Morgan fingerprint density at radius 1 is 0.273 bits per heavy atom. The third-order valence-corrected chi connectivity index (χ3v) is 6.35. The van der Waals surface area contributed by atoms with Crippen molar-refractivity contribution in [3.05, 3.63) is 151 Å². The Balaban J connectivity index is 0.000000373. The molecule has 0 fully saturated rings. The van der Waals surface area contributed by atoms with Crippen LogP contribution >= 0.6 is 0 Å². The maximum atomic E-state index is 13.5. The van der Waals surface area contributed by atoms with E-state index in [4.69, 9.17) is 0 Å². The van der Waals surface area contributed by atoms with Crippen molar-refractivity contribution in [2.75, 3.05) is 0 Å². The van der Waals surface area contributed by atoms with E-state index >= 15 is 0 Å². The summed E-state index contributed by atoms with van der Waals surface area (Å²) in [6, 6.07) is 0. The molecule has 55 heavy (non-hydrogen) atoms. The van der Waals surface area contributed by atoms with Crippen LogP contribution in [0.1, 0.15) is 31.8 Å². The molecule has 0 unspecified atom stereocenters. The fraction of sp³-hybridized carbons (Fsp3) is 0. The molecule has 0 saturated heterocycles. The fourth-order valence-electron chi connectivity index (χ4n) is 3.81. The Morgan fingerprint density at radius 3 is 0.564 bits per heavy atom. The molecular weight excluding hydrogens is 999 g/mol. The average molecular weight is 1000 g/mol. The van der Waals surface area contributed by atoms with Crippen molar-refractivity contribution in [2.24, 2.45) is 0 Å². The van der Waals surface area contributed by atoms with Gasteiger partial charge < -0.3 is 10.2 Å². The number of ketones is 2. The Labute approximate surface area is 302 Å². The van der Waals surface area contributed by atoms with Crippen LogP contribution in [0.2, 0.25) is 0 Å². The van der Waals surface area contributed by atoms with Crippen LogP contribution in [0.4, 0.5) is 87.8 Å². The molecule has 0 spiro atoms. The normalized spacial score (nSPS) is 11.6. The summed E-state index contributed by atoms with van der Waals surface area (Å²) in [6.45, 7) is 0. The topological polar surface area (TPSA) is 80.3 Å². The maximum absolute atomic E-state index is 13.5. The molecule has 296 valence electrons. The van der Waals surface area contributed by atoms with E-state index in [2.05, 4.69) is 0 Å². The van der Waals surface area contributed by atoms with Gasteiger partial charge in [-0.05, 0) is 12.2 Å². The largest absolute Gasteiger partial charge is 2.00 e. The second-order valence-corrected chi connectivity index (χ2v) is 9.53. The first-order chi connectivity index (χ1) is 24.8. The van der Waals surface area contributed by atoms with E-state index in [-0.39, 0.29) is 21.1 Å². The van der Waals surface area contributed by atoms with Gasteiger partial charge in [0.2, 0.25) is 23.3 Å². The van der Waals surface area contributed by atoms with Gasteiger partial charge in [0.25, 0.3) is 0 Å². The fourth-order valence-corrected chi connectivity index (χ4v) is 3.81. The first-order valence-electron chi connectivity index (χ1n) is 12.8. The Morgan fingerprint density at radius 2 is 0.400 bits per heavy atom. The van der Waals surface area contributed by atoms with Gasteiger partial charge in [-0.15, -0.1) is 0 Å². The van der Waals surface area contributed by atoms with Crippen LogP contribution in [-0.2, 0) is 21.1 Å². The smallest absolute Gasteiger partial charge is 0.872 e. The second kappa shape index (κ2) is 16.9. The van der Waals surface area contributed by atoms with Crippen LogP contribution in [0.15, 0.2) is 12.2 Å². The van der Waals surface area contributed by atoms with Crippen molar-refractivity contribution in [1.82, 2.24) is 0 Å². The third kappa shape index (κ3) is 8.03. The van der Waals surface area contributed by atoms with Gasteiger partial charge in [0.15, 0.2) is 105 Å². The van der Waals surface area contributed by atoms with E-state index in [0.29, 0.717) is 0 Å². The summed E-state index contributed by atoms with van der Waals surface area (Å²) in [5.74, 6) is -61.4. The number of carbonyl (C=O) groups is 2. The van der Waals surface area contributed by atoms with Gasteiger partial charge >= 0.3 is 21.1 Å². The van der Waals surface area contributed by atoms with Gasteiger partial charge in [0.05, 0.1) is 11.1 Å². The van der Waals surface area contributed by atoms with Crippen molar-refractivity contribution < 1.29 is 129 Å². The van der Waals surface area contributed by atoms with Crippen molar-refractivity contribution in [3.63, 3.8) is 0 Å². The molecule has 0 bridgehead atoms. The first kappa shape index (κ1) is 45.7. The van der Waals surface area contributed by atoms with Crippen LogP contribution in [0.5, 0.6) is 0 Å². The summed E-state index contributed by atoms with van der Waals surface area (Å²) in [4.78, 5) is 23.3. The molecule has 0 amide bonds. The number of allylic oxidation sites excluding steroid dienone is 2. The van der Waals surface area contributed by atoms with Gasteiger partial charge in [-0.2, -0.15) is 0 Å². The number of hydrogen-bond donors (Lipinski definition) is 0. The summed E-state index contributed by atoms with van der Waals surface area (Å²) < 4.78 is 263. The number of benzene rings is 4. The van der Waals surface area contributed by atoms with Crippen molar-refractivity contribution in [1.29, 1.82) is 0 Å². The molecular formula is C30H2F20O4Pt. The number of rotatable bonds is 6. The molecule has 0 aliphatic carbocycles. The summed E-state index contributed by atoms with van der Waals surface area (Å²) in [7, 11) is 0. The summed E-state index contributed by atoms with van der Waals surface area (Å²) in [5.41, 5.74) is -8.65. The van der Waals surface area contributed by atoms with Crippen molar-refractivity contribution in [3.8, 4) is 0 Å². The van der Waals surface area contributed by atoms with E-state index in [1.807, 2.05) is 0 Å². The van der Waals surface area contributed by atoms with Crippen LogP contribution in [0.25, 0.3) is 11.5 Å². The molecule has 0 aliphatic rings. The first-order valence-corrected chi connectivity index (χ1v) is 12.8. The SMILES string of the molecule is O=C(/C=C(\[O-])c1c(F)c(F)c(F)c(F)c1F)c1c(F)c(F)c(F)c(F)c1F.O=C(/C=C(\[O-])c1c(F)c(F)c(F)c(F)c1F)c1c(F)c(F)c(F)c(F)c1F.[Pt+2]. The monoisotopic (exact) mass is 1000 g/mol. The molecule has 4 aromatic carbocycles. The van der Waals surface area contributed by atoms with Gasteiger partial charge in [-0.1, -0.05) is 11.5 Å². The molecule has 4 nitrogen and oxygen atoms in total. The zero-order valence-electron chi connectivity index (χ0n) is 24.7. The molecule has 0 radical (unpaired) electrons. The molecule has 0 N–H and O–H groups in total. The zero-order chi connectivity index (χ0) is 41.6. The molecule has 0 atom stereocenters. The van der Waals surface area contributed by atoms with Gasteiger partial charge in [0.1, 0.15) is 0 Å². The molecule has 0 aromatic heterocycles. The van der Waals surface area contributed by atoms with Gasteiger partial charge in [-0.25, -0.2) is 87.8 Å². The summed E-state index contributed by atoms with van der Waals surface area (Å²) in [5, 5.41) is 23.3. The summed E-state index contributed by atoms with van der Waals surface area (Å²) >= 11 is 0. The third-order valence-electron chi connectivity index (χ3n) is 6.35. The van der Waals surface area contributed by atoms with Gasteiger partial charge in [0, 0.05) is 11.1 Å². The number of carbonyl (C=O) groups excluding carboxylic acids is 2. The maximum Gasteiger partial charge on any atom is 2.00 e. The van der Waals surface area contributed by atoms with Crippen LogP contribution < -0.4 is 10.2 Å².